The van der Waals surface area contributed by atoms with Crippen molar-refractivity contribution in [2.75, 3.05) is 27.2 Å². The maximum absolute atomic E-state index is 11.4. The fraction of sp³-hybridized carbons (Fsp3) is 0.533. The largest absolute Gasteiger partial charge is 0.469 e. The molecular formula is C15H21NO2. The van der Waals surface area contributed by atoms with Gasteiger partial charge in [-0.15, -0.1) is 0 Å². The van der Waals surface area contributed by atoms with Crippen molar-refractivity contribution in [1.82, 2.24) is 4.90 Å². The lowest BCUT2D eigenvalue weighted by Crippen LogP contribution is -2.35. The molecule has 2 atom stereocenters. The topological polar surface area (TPSA) is 29.5 Å². The van der Waals surface area contributed by atoms with Crippen molar-refractivity contribution in [2.45, 2.75) is 19.3 Å². The Bertz CT molecular complexity index is 430. The highest BCUT2D eigenvalue weighted by atomic mass is 16.5. The lowest BCUT2D eigenvalue weighted by molar-refractivity contribution is -0.145. The van der Waals surface area contributed by atoms with Crippen LogP contribution in [0.3, 0.4) is 0 Å². The van der Waals surface area contributed by atoms with Gasteiger partial charge in [0.05, 0.1) is 13.0 Å². The summed E-state index contributed by atoms with van der Waals surface area (Å²) in [6.07, 6.45) is 1.16. The van der Waals surface area contributed by atoms with E-state index in [0.29, 0.717) is 5.92 Å². The van der Waals surface area contributed by atoms with Crippen molar-refractivity contribution in [1.29, 1.82) is 0 Å². The highest BCUT2D eigenvalue weighted by Gasteiger charge is 2.27. The van der Waals surface area contributed by atoms with Crippen LogP contribution in [0.15, 0.2) is 24.3 Å². The molecule has 1 aliphatic carbocycles. The normalized spacial score (nSPS) is 19.0. The second-order valence-corrected chi connectivity index (χ2v) is 5.25. The summed E-state index contributed by atoms with van der Waals surface area (Å²) in [5, 5.41) is 0. The quantitative estimate of drug-likeness (QED) is 0.746. The van der Waals surface area contributed by atoms with E-state index >= 15 is 0 Å². The predicted molar refractivity (Wildman–Crippen MR) is 71.6 cm³/mol. The van der Waals surface area contributed by atoms with E-state index in [9.17, 15) is 4.79 Å². The summed E-state index contributed by atoms with van der Waals surface area (Å²) in [4.78, 5) is 13.6. The van der Waals surface area contributed by atoms with E-state index in [1.807, 2.05) is 6.92 Å². The number of methoxy groups -OCH3 is 1. The minimum Gasteiger partial charge on any atom is -0.469 e. The summed E-state index contributed by atoms with van der Waals surface area (Å²) in [6.45, 7) is 3.68. The molecule has 0 fully saturated rings. The molecule has 1 aromatic rings. The average Bonchev–Trinajstić information content (AvgIpc) is 2.35. The van der Waals surface area contributed by atoms with Gasteiger partial charge in [-0.3, -0.25) is 4.79 Å². The zero-order chi connectivity index (χ0) is 13.1. The number of fused-ring (bicyclic) bond motifs is 1. The first kappa shape index (κ1) is 13.1. The summed E-state index contributed by atoms with van der Waals surface area (Å²) in [7, 11) is 3.52. The molecular weight excluding hydrogens is 226 g/mol. The molecule has 0 aromatic heterocycles. The first-order chi connectivity index (χ1) is 8.61. The molecule has 0 saturated carbocycles. The summed E-state index contributed by atoms with van der Waals surface area (Å²) in [5.41, 5.74) is 2.94. The molecule has 0 aliphatic heterocycles. The minimum absolute atomic E-state index is 0.0599. The first-order valence-corrected chi connectivity index (χ1v) is 6.46. The van der Waals surface area contributed by atoms with Crippen LogP contribution in [0.1, 0.15) is 24.0 Å². The van der Waals surface area contributed by atoms with Gasteiger partial charge in [0.15, 0.2) is 0 Å². The van der Waals surface area contributed by atoms with Gasteiger partial charge in [-0.05, 0) is 24.6 Å². The number of hydrogen-bond acceptors (Lipinski definition) is 3. The minimum atomic E-state index is -0.129. The number of carbonyl (C=O) groups is 1. The van der Waals surface area contributed by atoms with Gasteiger partial charge in [-0.2, -0.15) is 0 Å². The SMILES string of the molecule is COC(=O)C(C)CN(C)CC1Cc2ccccc21. The fourth-order valence-electron chi connectivity index (χ4n) is 2.72. The van der Waals surface area contributed by atoms with Gasteiger partial charge >= 0.3 is 5.97 Å². The summed E-state index contributed by atoms with van der Waals surface area (Å²) in [6, 6.07) is 8.60. The Hall–Kier alpha value is -1.35. The second-order valence-electron chi connectivity index (χ2n) is 5.25. The van der Waals surface area contributed by atoms with Crippen LogP contribution in [-0.2, 0) is 16.0 Å². The zero-order valence-corrected chi connectivity index (χ0v) is 11.3. The number of rotatable bonds is 5. The monoisotopic (exact) mass is 247 g/mol. The van der Waals surface area contributed by atoms with Crippen LogP contribution < -0.4 is 0 Å². The Kier molecular flexibility index (Phi) is 4.02. The maximum atomic E-state index is 11.4. The number of benzene rings is 1. The Balaban J connectivity index is 1.83. The van der Waals surface area contributed by atoms with Crippen LogP contribution in [0, 0.1) is 5.92 Å². The van der Waals surface area contributed by atoms with Gasteiger partial charge in [-0.25, -0.2) is 0 Å². The number of carbonyl (C=O) groups excluding carboxylic acids is 1. The molecule has 2 unspecified atom stereocenters. The van der Waals surface area contributed by atoms with E-state index in [1.54, 1.807) is 0 Å². The molecule has 0 saturated heterocycles. The Morgan fingerprint density at radius 2 is 2.22 bits per heavy atom. The van der Waals surface area contributed by atoms with Gasteiger partial charge in [0.1, 0.15) is 0 Å². The lowest BCUT2D eigenvalue weighted by Gasteiger charge is -2.34. The molecule has 0 N–H and O–H groups in total. The van der Waals surface area contributed by atoms with E-state index < -0.39 is 0 Å². The van der Waals surface area contributed by atoms with Crippen molar-refractivity contribution in [3.8, 4) is 0 Å². The van der Waals surface area contributed by atoms with Crippen LogP contribution >= 0.6 is 0 Å². The molecule has 98 valence electrons. The third kappa shape index (κ3) is 2.72. The Labute approximate surface area is 109 Å². The van der Waals surface area contributed by atoms with E-state index in [0.717, 1.165) is 19.5 Å². The third-order valence-corrected chi connectivity index (χ3v) is 3.68. The highest BCUT2D eigenvalue weighted by Crippen LogP contribution is 2.35. The summed E-state index contributed by atoms with van der Waals surface area (Å²) in [5.74, 6) is 0.433. The highest BCUT2D eigenvalue weighted by molar-refractivity contribution is 5.72. The maximum Gasteiger partial charge on any atom is 0.309 e. The van der Waals surface area contributed by atoms with Crippen LogP contribution in [-0.4, -0.2) is 38.1 Å². The number of esters is 1. The molecule has 0 spiro atoms. The third-order valence-electron chi connectivity index (χ3n) is 3.68. The number of nitrogens with zero attached hydrogens (tertiary/aromatic N) is 1. The second kappa shape index (κ2) is 5.53. The smallest absolute Gasteiger partial charge is 0.309 e. The number of hydrogen-bond donors (Lipinski definition) is 0. The van der Waals surface area contributed by atoms with Crippen LogP contribution in [0.4, 0.5) is 0 Å². The van der Waals surface area contributed by atoms with E-state index in [2.05, 4.69) is 36.2 Å². The Morgan fingerprint density at radius 1 is 1.50 bits per heavy atom. The molecule has 18 heavy (non-hydrogen) atoms. The van der Waals surface area contributed by atoms with Crippen LogP contribution in [0.25, 0.3) is 0 Å². The Morgan fingerprint density at radius 3 is 2.89 bits per heavy atom. The first-order valence-electron chi connectivity index (χ1n) is 6.46. The molecule has 1 aliphatic rings. The number of ether oxygens (including phenoxy) is 1. The number of likely N-dealkylation sites (N-methyl/N-ethyl adjacent to an activating group) is 1. The van der Waals surface area contributed by atoms with E-state index in [4.69, 9.17) is 4.74 Å². The van der Waals surface area contributed by atoms with Crippen LogP contribution in [0.5, 0.6) is 0 Å². The molecule has 0 heterocycles. The zero-order valence-electron chi connectivity index (χ0n) is 11.3. The fourth-order valence-corrected chi connectivity index (χ4v) is 2.72. The van der Waals surface area contributed by atoms with Gasteiger partial charge in [-0.1, -0.05) is 31.2 Å². The standard InChI is InChI=1S/C15H21NO2/c1-11(15(17)18-3)9-16(2)10-13-8-12-6-4-5-7-14(12)13/h4-7,11,13H,8-10H2,1-3H3. The molecule has 0 amide bonds. The summed E-state index contributed by atoms with van der Waals surface area (Å²) < 4.78 is 4.75. The molecule has 1 aromatic carbocycles. The molecule has 3 nitrogen and oxygen atoms in total. The van der Waals surface area contributed by atoms with E-state index in [-0.39, 0.29) is 11.9 Å². The predicted octanol–water partition coefficient (Wildman–Crippen LogP) is 2.07. The van der Waals surface area contributed by atoms with Crippen molar-refractivity contribution < 1.29 is 9.53 Å². The van der Waals surface area contributed by atoms with E-state index in [1.165, 1.54) is 18.2 Å². The van der Waals surface area contributed by atoms with Crippen molar-refractivity contribution >= 4 is 5.97 Å². The molecule has 0 bridgehead atoms. The summed E-state index contributed by atoms with van der Waals surface area (Å²) >= 11 is 0. The molecule has 0 radical (unpaired) electrons. The van der Waals surface area contributed by atoms with Crippen LogP contribution in [0.2, 0.25) is 0 Å². The van der Waals surface area contributed by atoms with Crippen molar-refractivity contribution in [3.05, 3.63) is 35.4 Å². The lowest BCUT2D eigenvalue weighted by atomic mass is 9.77. The van der Waals surface area contributed by atoms with Crippen molar-refractivity contribution in [3.63, 3.8) is 0 Å². The van der Waals surface area contributed by atoms with Gasteiger partial charge in [0.2, 0.25) is 0 Å². The van der Waals surface area contributed by atoms with Gasteiger partial charge in [0.25, 0.3) is 0 Å². The molecule has 3 heteroatoms. The van der Waals surface area contributed by atoms with Gasteiger partial charge < -0.3 is 9.64 Å². The van der Waals surface area contributed by atoms with Crippen molar-refractivity contribution in [2.24, 2.45) is 5.92 Å². The average molecular weight is 247 g/mol. The van der Waals surface area contributed by atoms with Gasteiger partial charge in [0, 0.05) is 19.0 Å². The molecule has 2 rings (SSSR count).